The van der Waals surface area contributed by atoms with Crippen LogP contribution >= 0.6 is 0 Å². The second-order valence-corrected chi connectivity index (χ2v) is 6.63. The molecule has 2 atom stereocenters. The van der Waals surface area contributed by atoms with Gasteiger partial charge >= 0.3 is 0 Å². The summed E-state index contributed by atoms with van der Waals surface area (Å²) in [6.45, 7) is 9.62. The third-order valence-electron chi connectivity index (χ3n) is 3.99. The van der Waals surface area contributed by atoms with Crippen molar-refractivity contribution in [3.05, 3.63) is 11.6 Å². The van der Waals surface area contributed by atoms with Crippen LogP contribution < -0.4 is 5.73 Å². The number of aromatic nitrogens is 3. The largest absolute Gasteiger partial charge is 0.335 e. The van der Waals surface area contributed by atoms with E-state index in [1.54, 1.807) is 0 Å². The van der Waals surface area contributed by atoms with E-state index >= 15 is 0 Å². The Balaban J connectivity index is 2.10. The Bertz CT molecular complexity index is 476. The van der Waals surface area contributed by atoms with Gasteiger partial charge in [-0.1, -0.05) is 34.1 Å². The molecule has 6 nitrogen and oxygen atoms in total. The first-order valence-electron chi connectivity index (χ1n) is 7.30. The summed E-state index contributed by atoms with van der Waals surface area (Å²) in [5.74, 6) is 1.28. The van der Waals surface area contributed by atoms with Crippen molar-refractivity contribution in [1.82, 2.24) is 20.1 Å². The van der Waals surface area contributed by atoms with E-state index in [-0.39, 0.29) is 23.2 Å². The van der Waals surface area contributed by atoms with Crippen LogP contribution in [-0.2, 0) is 5.41 Å². The van der Waals surface area contributed by atoms with Crippen LogP contribution in [0.4, 0.5) is 0 Å². The van der Waals surface area contributed by atoms with Crippen molar-refractivity contribution >= 4 is 5.91 Å². The molecule has 1 aromatic rings. The van der Waals surface area contributed by atoms with Crippen molar-refractivity contribution in [2.75, 3.05) is 13.1 Å². The number of piperidine rings is 1. The molecule has 1 aromatic heterocycles. The number of H-pyrrole nitrogens is 1. The summed E-state index contributed by atoms with van der Waals surface area (Å²) in [6, 6.07) is 0.196. The third-order valence-corrected chi connectivity index (χ3v) is 3.99. The van der Waals surface area contributed by atoms with Crippen LogP contribution in [0.15, 0.2) is 0 Å². The van der Waals surface area contributed by atoms with E-state index in [9.17, 15) is 4.79 Å². The minimum Gasteiger partial charge on any atom is -0.335 e. The summed E-state index contributed by atoms with van der Waals surface area (Å²) in [5.41, 5.74) is 5.94. The van der Waals surface area contributed by atoms with Crippen LogP contribution in [-0.4, -0.2) is 45.1 Å². The minimum atomic E-state index is -0.137. The molecule has 1 fully saturated rings. The highest BCUT2D eigenvalue weighted by Gasteiger charge is 2.31. The first kappa shape index (κ1) is 15.0. The van der Waals surface area contributed by atoms with Gasteiger partial charge in [-0.25, -0.2) is 4.98 Å². The summed E-state index contributed by atoms with van der Waals surface area (Å²) in [5, 5.41) is 6.94. The Morgan fingerprint density at radius 2 is 2.20 bits per heavy atom. The first-order chi connectivity index (χ1) is 9.32. The van der Waals surface area contributed by atoms with E-state index in [0.29, 0.717) is 19.0 Å². The van der Waals surface area contributed by atoms with E-state index < -0.39 is 0 Å². The number of likely N-dealkylation sites (tertiary alicyclic amines) is 1. The molecule has 1 aliphatic rings. The number of carbonyl (C=O) groups excluding carboxylic acids is 1. The maximum Gasteiger partial charge on any atom is 0.293 e. The molecule has 0 bridgehead atoms. The fourth-order valence-corrected chi connectivity index (χ4v) is 2.50. The van der Waals surface area contributed by atoms with Gasteiger partial charge in [-0.3, -0.25) is 9.89 Å². The molecule has 0 spiro atoms. The molecule has 1 aliphatic heterocycles. The second-order valence-electron chi connectivity index (χ2n) is 6.63. The highest BCUT2D eigenvalue weighted by molar-refractivity contribution is 5.90. The number of aromatic amines is 1. The number of amides is 1. The lowest BCUT2D eigenvalue weighted by Gasteiger charge is -2.35. The number of carbonyl (C=O) groups is 1. The molecule has 112 valence electrons. The Morgan fingerprint density at radius 3 is 2.75 bits per heavy atom. The number of hydrogen-bond acceptors (Lipinski definition) is 4. The van der Waals surface area contributed by atoms with Gasteiger partial charge in [0.15, 0.2) is 0 Å². The minimum absolute atomic E-state index is 0.0953. The first-order valence-corrected chi connectivity index (χ1v) is 7.30. The molecule has 3 N–H and O–H groups in total. The van der Waals surface area contributed by atoms with Crippen LogP contribution in [0.2, 0.25) is 0 Å². The predicted octanol–water partition coefficient (Wildman–Crippen LogP) is 1.30. The SMILES string of the molecule is CCC1CN(C(=O)c2n[nH]c(C(C)(C)C)n2)CCC1N. The van der Waals surface area contributed by atoms with E-state index in [4.69, 9.17) is 5.73 Å². The van der Waals surface area contributed by atoms with Crippen molar-refractivity contribution in [1.29, 1.82) is 0 Å². The average molecular weight is 279 g/mol. The fourth-order valence-electron chi connectivity index (χ4n) is 2.50. The maximum absolute atomic E-state index is 12.4. The van der Waals surface area contributed by atoms with Gasteiger partial charge in [-0.15, -0.1) is 5.10 Å². The number of nitrogens with zero attached hydrogens (tertiary/aromatic N) is 3. The number of nitrogens with two attached hydrogens (primary N) is 1. The molecule has 1 amide bonds. The summed E-state index contributed by atoms with van der Waals surface area (Å²) in [4.78, 5) is 18.6. The van der Waals surface area contributed by atoms with Crippen molar-refractivity contribution in [2.24, 2.45) is 11.7 Å². The normalized spacial score (nSPS) is 23.9. The molecule has 6 heteroatoms. The predicted molar refractivity (Wildman–Crippen MR) is 77.4 cm³/mol. The van der Waals surface area contributed by atoms with E-state index in [2.05, 4.69) is 22.1 Å². The molecule has 1 saturated heterocycles. The smallest absolute Gasteiger partial charge is 0.293 e. The lowest BCUT2D eigenvalue weighted by molar-refractivity contribution is 0.0637. The van der Waals surface area contributed by atoms with Gasteiger partial charge in [0.2, 0.25) is 5.82 Å². The molecule has 2 unspecified atom stereocenters. The number of rotatable bonds is 2. The van der Waals surface area contributed by atoms with E-state index in [1.807, 2.05) is 25.7 Å². The van der Waals surface area contributed by atoms with Gasteiger partial charge in [0.25, 0.3) is 5.91 Å². The summed E-state index contributed by atoms with van der Waals surface area (Å²) < 4.78 is 0. The van der Waals surface area contributed by atoms with Crippen LogP contribution in [0.1, 0.15) is 57.0 Å². The summed E-state index contributed by atoms with van der Waals surface area (Å²) in [6.07, 6.45) is 1.84. The molecule has 2 rings (SSSR count). The van der Waals surface area contributed by atoms with Crippen LogP contribution in [0, 0.1) is 5.92 Å². The zero-order valence-electron chi connectivity index (χ0n) is 12.8. The quantitative estimate of drug-likeness (QED) is 0.854. The molecular formula is C14H25N5O. The van der Waals surface area contributed by atoms with E-state index in [0.717, 1.165) is 18.7 Å². The van der Waals surface area contributed by atoms with Gasteiger partial charge in [0.1, 0.15) is 5.82 Å². The molecule has 0 saturated carbocycles. The molecule has 0 radical (unpaired) electrons. The monoisotopic (exact) mass is 279 g/mol. The maximum atomic E-state index is 12.4. The summed E-state index contributed by atoms with van der Waals surface area (Å²) in [7, 11) is 0. The Hall–Kier alpha value is -1.43. The third kappa shape index (κ3) is 3.00. The van der Waals surface area contributed by atoms with Crippen molar-refractivity contribution in [3.63, 3.8) is 0 Å². The zero-order chi connectivity index (χ0) is 14.9. The van der Waals surface area contributed by atoms with Crippen molar-refractivity contribution in [2.45, 2.75) is 52.0 Å². The molecular weight excluding hydrogens is 254 g/mol. The van der Waals surface area contributed by atoms with Crippen molar-refractivity contribution < 1.29 is 4.79 Å². The fraction of sp³-hybridized carbons (Fsp3) is 0.786. The molecule has 0 aliphatic carbocycles. The molecule has 2 heterocycles. The van der Waals surface area contributed by atoms with Crippen molar-refractivity contribution in [3.8, 4) is 0 Å². The Kier molecular flexibility index (Phi) is 4.13. The van der Waals surface area contributed by atoms with Gasteiger partial charge in [0, 0.05) is 24.5 Å². The Morgan fingerprint density at radius 1 is 1.50 bits per heavy atom. The summed E-state index contributed by atoms with van der Waals surface area (Å²) >= 11 is 0. The van der Waals surface area contributed by atoms with Crippen LogP contribution in [0.5, 0.6) is 0 Å². The topological polar surface area (TPSA) is 87.9 Å². The van der Waals surface area contributed by atoms with Gasteiger partial charge in [0.05, 0.1) is 0 Å². The van der Waals surface area contributed by atoms with Crippen LogP contribution in [0.25, 0.3) is 0 Å². The van der Waals surface area contributed by atoms with Crippen LogP contribution in [0.3, 0.4) is 0 Å². The van der Waals surface area contributed by atoms with Gasteiger partial charge in [-0.05, 0) is 12.3 Å². The highest BCUT2D eigenvalue weighted by atomic mass is 16.2. The lowest BCUT2D eigenvalue weighted by Crippen LogP contribution is -2.49. The Labute approximate surface area is 120 Å². The number of hydrogen-bond donors (Lipinski definition) is 2. The molecule has 0 aromatic carbocycles. The average Bonchev–Trinajstić information content (AvgIpc) is 2.88. The zero-order valence-corrected chi connectivity index (χ0v) is 12.8. The van der Waals surface area contributed by atoms with Gasteiger partial charge < -0.3 is 10.6 Å². The second kappa shape index (κ2) is 5.52. The van der Waals surface area contributed by atoms with Gasteiger partial charge in [-0.2, -0.15) is 0 Å². The highest BCUT2D eigenvalue weighted by Crippen LogP contribution is 2.21. The number of nitrogens with one attached hydrogen (secondary N) is 1. The molecule has 20 heavy (non-hydrogen) atoms. The standard InChI is InChI=1S/C14H25N5O/c1-5-9-8-19(7-6-10(9)15)12(20)11-16-13(18-17-11)14(2,3)4/h9-10H,5-8,15H2,1-4H3,(H,16,17,18). The lowest BCUT2D eigenvalue weighted by atomic mass is 9.90. The van der Waals surface area contributed by atoms with E-state index in [1.165, 1.54) is 0 Å².